The first-order chi connectivity index (χ1) is 14.4. The van der Waals surface area contributed by atoms with Crippen molar-refractivity contribution in [2.45, 2.75) is 50.0 Å². The summed E-state index contributed by atoms with van der Waals surface area (Å²) in [4.78, 5) is 14.7. The van der Waals surface area contributed by atoms with Crippen LogP contribution in [-0.4, -0.2) is 39.4 Å². The molecule has 2 aromatic carbocycles. The van der Waals surface area contributed by atoms with Gasteiger partial charge in [-0.3, -0.25) is 4.79 Å². The lowest BCUT2D eigenvalue weighted by molar-refractivity contribution is 0.0789. The van der Waals surface area contributed by atoms with Crippen molar-refractivity contribution in [1.82, 2.24) is 9.62 Å². The van der Waals surface area contributed by atoms with Crippen molar-refractivity contribution in [2.24, 2.45) is 0 Å². The Morgan fingerprint density at radius 1 is 1.03 bits per heavy atom. The Labute approximate surface area is 178 Å². The molecule has 0 spiro atoms. The maximum atomic E-state index is 13.1. The normalized spacial score (nSPS) is 17.1. The average Bonchev–Trinajstić information content (AvgIpc) is 3.43. The molecule has 2 aliphatic rings. The highest BCUT2D eigenvalue weighted by molar-refractivity contribution is 7.89. The van der Waals surface area contributed by atoms with E-state index < -0.39 is 10.0 Å². The molecule has 1 N–H and O–H groups in total. The number of hydrogen-bond acceptors (Lipinski definition) is 4. The topological polar surface area (TPSA) is 75.7 Å². The summed E-state index contributed by atoms with van der Waals surface area (Å²) < 4.78 is 34.2. The van der Waals surface area contributed by atoms with Crippen molar-refractivity contribution in [3.63, 3.8) is 0 Å². The van der Waals surface area contributed by atoms with Crippen LogP contribution >= 0.6 is 0 Å². The molecule has 0 bridgehead atoms. The van der Waals surface area contributed by atoms with E-state index in [0.717, 1.165) is 37.7 Å². The Bertz CT molecular complexity index is 1060. The maximum Gasteiger partial charge on any atom is 0.257 e. The summed E-state index contributed by atoms with van der Waals surface area (Å²) in [5, 5.41) is 0. The molecule has 2 aromatic rings. The highest BCUT2D eigenvalue weighted by Gasteiger charge is 2.26. The smallest absolute Gasteiger partial charge is 0.257 e. The lowest BCUT2D eigenvalue weighted by Crippen LogP contribution is -2.29. The molecule has 160 valence electrons. The van der Waals surface area contributed by atoms with E-state index in [9.17, 15) is 13.2 Å². The lowest BCUT2D eigenvalue weighted by atomic mass is 10.0. The number of amides is 1. The predicted octanol–water partition coefficient (Wildman–Crippen LogP) is 3.46. The summed E-state index contributed by atoms with van der Waals surface area (Å²) in [5.74, 6) is 0.200. The van der Waals surface area contributed by atoms with Crippen molar-refractivity contribution in [1.29, 1.82) is 0 Å². The Morgan fingerprint density at radius 2 is 1.77 bits per heavy atom. The fourth-order valence-corrected chi connectivity index (χ4v) is 5.60. The number of benzene rings is 2. The van der Waals surface area contributed by atoms with E-state index in [2.05, 4.69) is 16.9 Å². The summed E-state index contributed by atoms with van der Waals surface area (Å²) >= 11 is 0. The standard InChI is InChI=1S/C23H28N2O4S/c1-16(18-9-8-17-6-5-7-19(17)14-18)24-30(27,28)20-10-11-22(29-2)21(15-20)23(26)25-12-3-4-13-25/h8-11,14-16,24H,3-7,12-13H2,1-2H3. The second-order valence-electron chi connectivity index (χ2n) is 8.09. The van der Waals surface area contributed by atoms with Gasteiger partial charge in [-0.25, -0.2) is 13.1 Å². The Hall–Kier alpha value is -2.38. The number of rotatable bonds is 6. The predicted molar refractivity (Wildman–Crippen MR) is 115 cm³/mol. The summed E-state index contributed by atoms with van der Waals surface area (Å²) in [6.07, 6.45) is 5.22. The number of sulfonamides is 1. The van der Waals surface area contributed by atoms with Gasteiger partial charge < -0.3 is 9.64 Å². The van der Waals surface area contributed by atoms with Gasteiger partial charge in [0.2, 0.25) is 10.0 Å². The molecule has 7 heteroatoms. The fraction of sp³-hybridized carbons (Fsp3) is 0.435. The summed E-state index contributed by atoms with van der Waals surface area (Å²) in [7, 11) is -2.32. The van der Waals surface area contributed by atoms with E-state index in [1.165, 1.54) is 30.4 Å². The number of carbonyl (C=O) groups is 1. The molecule has 0 radical (unpaired) electrons. The highest BCUT2D eigenvalue weighted by Crippen LogP contribution is 2.28. The maximum absolute atomic E-state index is 13.1. The average molecular weight is 429 g/mol. The van der Waals surface area contributed by atoms with Crippen LogP contribution in [0.4, 0.5) is 0 Å². The van der Waals surface area contributed by atoms with Gasteiger partial charge in [0.1, 0.15) is 5.75 Å². The Kier molecular flexibility index (Phi) is 5.84. The number of methoxy groups -OCH3 is 1. The first-order valence-electron chi connectivity index (χ1n) is 10.5. The van der Waals surface area contributed by atoms with Crippen molar-refractivity contribution in [3.05, 3.63) is 58.7 Å². The number of ether oxygens (including phenoxy) is 1. The molecular formula is C23H28N2O4S. The van der Waals surface area contributed by atoms with Crippen LogP contribution in [0.2, 0.25) is 0 Å². The minimum atomic E-state index is -3.80. The SMILES string of the molecule is COc1ccc(S(=O)(=O)NC(C)c2ccc3c(c2)CCC3)cc1C(=O)N1CCCC1. The third-order valence-electron chi connectivity index (χ3n) is 6.06. The molecule has 30 heavy (non-hydrogen) atoms. The van der Waals surface area contributed by atoms with Gasteiger partial charge >= 0.3 is 0 Å². The van der Waals surface area contributed by atoms with Crippen LogP contribution in [0.1, 0.15) is 59.3 Å². The second kappa shape index (κ2) is 8.40. The van der Waals surface area contributed by atoms with Crippen LogP contribution in [0.25, 0.3) is 0 Å². The van der Waals surface area contributed by atoms with Crippen molar-refractivity contribution < 1.29 is 17.9 Å². The molecule has 1 heterocycles. The van der Waals surface area contributed by atoms with E-state index >= 15 is 0 Å². The van der Waals surface area contributed by atoms with Gasteiger partial charge in [-0.15, -0.1) is 0 Å². The molecule has 1 unspecified atom stereocenters. The molecule has 0 aromatic heterocycles. The zero-order valence-electron chi connectivity index (χ0n) is 17.5. The van der Waals surface area contributed by atoms with Crippen molar-refractivity contribution in [2.75, 3.05) is 20.2 Å². The largest absolute Gasteiger partial charge is 0.496 e. The fourth-order valence-electron chi connectivity index (χ4n) is 4.34. The van der Waals surface area contributed by atoms with Crippen LogP contribution in [0.15, 0.2) is 41.3 Å². The molecule has 1 aliphatic heterocycles. The second-order valence-corrected chi connectivity index (χ2v) is 9.80. The van der Waals surface area contributed by atoms with Crippen LogP contribution in [-0.2, 0) is 22.9 Å². The lowest BCUT2D eigenvalue weighted by Gasteiger charge is -2.19. The van der Waals surface area contributed by atoms with Crippen molar-refractivity contribution in [3.8, 4) is 5.75 Å². The van der Waals surface area contributed by atoms with E-state index in [0.29, 0.717) is 18.8 Å². The first-order valence-corrected chi connectivity index (χ1v) is 12.0. The molecule has 4 rings (SSSR count). The molecule has 1 fully saturated rings. The quantitative estimate of drug-likeness (QED) is 0.765. The van der Waals surface area contributed by atoms with Gasteiger partial charge in [0.05, 0.1) is 17.6 Å². The minimum Gasteiger partial charge on any atom is -0.496 e. The van der Waals surface area contributed by atoms with Gasteiger partial charge in [0.25, 0.3) is 5.91 Å². The molecule has 0 saturated carbocycles. The van der Waals surface area contributed by atoms with Crippen LogP contribution < -0.4 is 9.46 Å². The molecule has 1 amide bonds. The molecule has 6 nitrogen and oxygen atoms in total. The summed E-state index contributed by atoms with van der Waals surface area (Å²) in [6, 6.07) is 10.3. The van der Waals surface area contributed by atoms with Gasteiger partial charge in [-0.05, 0) is 73.9 Å². The summed E-state index contributed by atoms with van der Waals surface area (Å²) in [6.45, 7) is 3.22. The minimum absolute atomic E-state index is 0.0684. The monoisotopic (exact) mass is 428 g/mol. The number of aryl methyl sites for hydroxylation is 2. The van der Waals surface area contributed by atoms with E-state index in [1.54, 1.807) is 11.0 Å². The number of hydrogen-bond donors (Lipinski definition) is 1. The molecule has 1 aliphatic carbocycles. The van der Waals surface area contributed by atoms with Gasteiger partial charge in [0.15, 0.2) is 0 Å². The zero-order chi connectivity index (χ0) is 21.3. The number of carbonyl (C=O) groups excluding carboxylic acids is 1. The van der Waals surface area contributed by atoms with Crippen LogP contribution in [0.5, 0.6) is 5.75 Å². The first kappa shape index (κ1) is 20.9. The number of likely N-dealkylation sites (tertiary alicyclic amines) is 1. The van der Waals surface area contributed by atoms with E-state index in [-0.39, 0.29) is 22.4 Å². The Balaban J connectivity index is 1.59. The van der Waals surface area contributed by atoms with Crippen molar-refractivity contribution >= 4 is 15.9 Å². The number of nitrogens with one attached hydrogen (secondary N) is 1. The van der Waals surface area contributed by atoms with Gasteiger partial charge in [0, 0.05) is 19.1 Å². The Morgan fingerprint density at radius 3 is 2.50 bits per heavy atom. The third kappa shape index (κ3) is 4.09. The highest BCUT2D eigenvalue weighted by atomic mass is 32.2. The summed E-state index contributed by atoms with van der Waals surface area (Å²) in [5.41, 5.74) is 3.89. The number of fused-ring (bicyclic) bond motifs is 1. The van der Waals surface area contributed by atoms with Gasteiger partial charge in [-0.2, -0.15) is 0 Å². The van der Waals surface area contributed by atoms with E-state index in [4.69, 9.17) is 4.74 Å². The van der Waals surface area contributed by atoms with Crippen LogP contribution in [0, 0.1) is 0 Å². The molecule has 1 saturated heterocycles. The zero-order valence-corrected chi connectivity index (χ0v) is 18.3. The van der Waals surface area contributed by atoms with E-state index in [1.807, 2.05) is 13.0 Å². The van der Waals surface area contributed by atoms with Gasteiger partial charge in [-0.1, -0.05) is 18.2 Å². The molecule has 1 atom stereocenters. The molecular weight excluding hydrogens is 400 g/mol. The third-order valence-corrected chi connectivity index (χ3v) is 7.60. The van der Waals surface area contributed by atoms with Crippen LogP contribution in [0.3, 0.4) is 0 Å². The number of nitrogens with zero attached hydrogens (tertiary/aromatic N) is 1.